The molecule has 0 saturated heterocycles. The van der Waals surface area contributed by atoms with Crippen LogP contribution in [0.1, 0.15) is 5.69 Å². The van der Waals surface area contributed by atoms with Gasteiger partial charge in [0.15, 0.2) is 0 Å². The number of hydrogen-bond acceptors (Lipinski definition) is 5. The van der Waals surface area contributed by atoms with Crippen LogP contribution in [0.5, 0.6) is 5.75 Å². The van der Waals surface area contributed by atoms with Crippen molar-refractivity contribution in [2.24, 2.45) is 5.73 Å². The summed E-state index contributed by atoms with van der Waals surface area (Å²) in [5, 5.41) is 7.89. The number of aromatic nitrogens is 3. The van der Waals surface area contributed by atoms with Crippen LogP contribution < -0.4 is 15.4 Å². The molecule has 0 radical (unpaired) electrons. The molecule has 1 aromatic heterocycles. The second kappa shape index (κ2) is 6.19. The number of nitrogens with zero attached hydrogens (tertiary/aromatic N) is 4. The Morgan fingerprint density at radius 3 is 2.89 bits per heavy atom. The Morgan fingerprint density at radius 2 is 2.21 bits per heavy atom. The summed E-state index contributed by atoms with van der Waals surface area (Å²) in [6.07, 6.45) is 1.83. The smallest absolute Gasteiger partial charge is 0.121 e. The highest BCUT2D eigenvalue weighted by Crippen LogP contribution is 2.19. The largest absolute Gasteiger partial charge is 0.492 e. The molecule has 6 nitrogen and oxygen atoms in total. The van der Waals surface area contributed by atoms with Gasteiger partial charge in [-0.2, -0.15) is 0 Å². The predicted molar refractivity (Wildman–Crippen MR) is 74.2 cm³/mol. The fourth-order valence-electron chi connectivity index (χ4n) is 1.65. The van der Waals surface area contributed by atoms with Crippen LogP contribution in [0.3, 0.4) is 0 Å². The molecule has 0 saturated carbocycles. The van der Waals surface area contributed by atoms with Gasteiger partial charge in [0.25, 0.3) is 0 Å². The van der Waals surface area contributed by atoms with Gasteiger partial charge < -0.3 is 15.4 Å². The van der Waals surface area contributed by atoms with E-state index in [2.05, 4.69) is 10.3 Å². The van der Waals surface area contributed by atoms with Crippen molar-refractivity contribution in [1.29, 1.82) is 0 Å². The summed E-state index contributed by atoms with van der Waals surface area (Å²) in [4.78, 5) is 2.04. The van der Waals surface area contributed by atoms with Gasteiger partial charge in [0, 0.05) is 38.6 Å². The molecule has 1 heterocycles. The van der Waals surface area contributed by atoms with E-state index in [0.717, 1.165) is 17.1 Å². The fourth-order valence-corrected chi connectivity index (χ4v) is 1.65. The van der Waals surface area contributed by atoms with Gasteiger partial charge in [0.1, 0.15) is 12.4 Å². The van der Waals surface area contributed by atoms with E-state index in [4.69, 9.17) is 10.5 Å². The number of rotatable bonds is 6. The molecule has 0 aliphatic carbocycles. The highest BCUT2D eigenvalue weighted by molar-refractivity contribution is 5.49. The van der Waals surface area contributed by atoms with E-state index < -0.39 is 0 Å². The van der Waals surface area contributed by atoms with E-state index in [1.54, 1.807) is 4.68 Å². The maximum absolute atomic E-state index is 5.70. The van der Waals surface area contributed by atoms with Crippen molar-refractivity contribution in [3.05, 3.63) is 36.2 Å². The first-order valence-corrected chi connectivity index (χ1v) is 6.18. The second-order valence-electron chi connectivity index (χ2n) is 4.42. The van der Waals surface area contributed by atoms with E-state index in [0.29, 0.717) is 19.7 Å². The number of hydrogen-bond donors (Lipinski definition) is 1. The maximum Gasteiger partial charge on any atom is 0.121 e. The average molecular weight is 261 g/mol. The highest BCUT2D eigenvalue weighted by atomic mass is 16.5. The Bertz CT molecular complexity index is 523. The lowest BCUT2D eigenvalue weighted by Gasteiger charge is -2.14. The summed E-state index contributed by atoms with van der Waals surface area (Å²) in [7, 11) is 4.01. The molecule has 1 aromatic carbocycles. The van der Waals surface area contributed by atoms with Crippen LogP contribution in [-0.4, -0.2) is 35.7 Å². The summed E-state index contributed by atoms with van der Waals surface area (Å²) in [5.41, 5.74) is 7.38. The van der Waals surface area contributed by atoms with Crippen molar-refractivity contribution in [2.75, 3.05) is 25.6 Å². The van der Waals surface area contributed by atoms with E-state index in [1.807, 2.05) is 49.5 Å². The van der Waals surface area contributed by atoms with Crippen LogP contribution in [0.2, 0.25) is 0 Å². The third-order valence-electron chi connectivity index (χ3n) is 2.72. The molecule has 0 aliphatic rings. The van der Waals surface area contributed by atoms with Crippen molar-refractivity contribution in [1.82, 2.24) is 15.0 Å². The Labute approximate surface area is 112 Å². The second-order valence-corrected chi connectivity index (χ2v) is 4.42. The lowest BCUT2D eigenvalue weighted by Crippen LogP contribution is -2.10. The number of ether oxygens (including phenoxy) is 1. The molecule has 2 rings (SSSR count). The van der Waals surface area contributed by atoms with E-state index in [1.165, 1.54) is 0 Å². The molecule has 102 valence electrons. The molecular formula is C13H19N5O. The molecule has 0 aliphatic heterocycles. The first-order valence-electron chi connectivity index (χ1n) is 6.18. The zero-order valence-electron chi connectivity index (χ0n) is 11.3. The first kappa shape index (κ1) is 13.4. The molecule has 0 amide bonds. The molecule has 0 fully saturated rings. The van der Waals surface area contributed by atoms with Crippen LogP contribution in [-0.2, 0) is 13.1 Å². The standard InChI is InChI=1S/C13H19N5O/c1-17(2)12-4-3-5-13(8-12)19-7-6-18-10-11(9-14)15-16-18/h3-5,8,10H,6-7,9,14H2,1-2H3. The minimum atomic E-state index is 0.408. The van der Waals surface area contributed by atoms with Gasteiger partial charge in [0.2, 0.25) is 0 Å². The highest BCUT2D eigenvalue weighted by Gasteiger charge is 2.01. The summed E-state index contributed by atoms with van der Waals surface area (Å²) in [6, 6.07) is 7.97. The van der Waals surface area contributed by atoms with Gasteiger partial charge in [-0.1, -0.05) is 11.3 Å². The van der Waals surface area contributed by atoms with Gasteiger partial charge >= 0.3 is 0 Å². The average Bonchev–Trinajstić information content (AvgIpc) is 2.87. The van der Waals surface area contributed by atoms with E-state index in [-0.39, 0.29) is 0 Å². The SMILES string of the molecule is CN(C)c1cccc(OCCn2cc(CN)nn2)c1. The first-order chi connectivity index (χ1) is 9.19. The summed E-state index contributed by atoms with van der Waals surface area (Å²) >= 11 is 0. The van der Waals surface area contributed by atoms with E-state index in [9.17, 15) is 0 Å². The molecular weight excluding hydrogens is 242 g/mol. The normalized spacial score (nSPS) is 10.5. The predicted octanol–water partition coefficient (Wildman–Crippen LogP) is 0.882. The van der Waals surface area contributed by atoms with Crippen LogP contribution in [0.4, 0.5) is 5.69 Å². The molecule has 19 heavy (non-hydrogen) atoms. The minimum Gasteiger partial charge on any atom is -0.492 e. The van der Waals surface area contributed by atoms with Gasteiger partial charge in [-0.25, -0.2) is 4.68 Å². The van der Waals surface area contributed by atoms with Crippen molar-refractivity contribution in [2.45, 2.75) is 13.1 Å². The Hall–Kier alpha value is -2.08. The zero-order valence-corrected chi connectivity index (χ0v) is 11.3. The van der Waals surface area contributed by atoms with Crippen LogP contribution in [0.15, 0.2) is 30.5 Å². The fraction of sp³-hybridized carbons (Fsp3) is 0.385. The van der Waals surface area contributed by atoms with Gasteiger partial charge in [-0.15, -0.1) is 5.10 Å². The lowest BCUT2D eigenvalue weighted by molar-refractivity contribution is 0.290. The quantitative estimate of drug-likeness (QED) is 0.836. The number of nitrogens with two attached hydrogens (primary N) is 1. The third-order valence-corrected chi connectivity index (χ3v) is 2.72. The maximum atomic E-state index is 5.70. The summed E-state index contributed by atoms with van der Waals surface area (Å²) in [6.45, 7) is 1.61. The molecule has 0 atom stereocenters. The topological polar surface area (TPSA) is 69.2 Å². The van der Waals surface area contributed by atoms with Crippen molar-refractivity contribution in [3.8, 4) is 5.75 Å². The molecule has 0 spiro atoms. The van der Waals surface area contributed by atoms with Crippen LogP contribution in [0.25, 0.3) is 0 Å². The number of anilines is 1. The van der Waals surface area contributed by atoms with Crippen molar-refractivity contribution < 1.29 is 4.74 Å². The summed E-state index contributed by atoms with van der Waals surface area (Å²) < 4.78 is 7.43. The van der Waals surface area contributed by atoms with Crippen molar-refractivity contribution in [3.63, 3.8) is 0 Å². The zero-order chi connectivity index (χ0) is 13.7. The molecule has 0 bridgehead atoms. The van der Waals surface area contributed by atoms with Crippen LogP contribution in [0, 0.1) is 0 Å². The number of benzene rings is 1. The lowest BCUT2D eigenvalue weighted by atomic mass is 10.3. The van der Waals surface area contributed by atoms with Gasteiger partial charge in [0.05, 0.1) is 12.2 Å². The van der Waals surface area contributed by atoms with Gasteiger partial charge in [-0.3, -0.25) is 0 Å². The molecule has 2 aromatic rings. The Balaban J connectivity index is 1.86. The van der Waals surface area contributed by atoms with E-state index >= 15 is 0 Å². The Morgan fingerprint density at radius 1 is 1.37 bits per heavy atom. The van der Waals surface area contributed by atoms with Gasteiger partial charge in [-0.05, 0) is 12.1 Å². The summed E-state index contributed by atoms with van der Waals surface area (Å²) in [5.74, 6) is 0.852. The Kier molecular flexibility index (Phi) is 4.35. The molecule has 0 unspecified atom stereocenters. The van der Waals surface area contributed by atoms with Crippen LogP contribution >= 0.6 is 0 Å². The molecule has 2 N–H and O–H groups in total. The minimum absolute atomic E-state index is 0.408. The monoisotopic (exact) mass is 261 g/mol. The third kappa shape index (κ3) is 3.69. The van der Waals surface area contributed by atoms with Crippen molar-refractivity contribution >= 4 is 5.69 Å². The molecule has 6 heteroatoms.